The van der Waals surface area contributed by atoms with Crippen molar-refractivity contribution in [1.29, 1.82) is 0 Å². The number of hydrogen-bond donors (Lipinski definition) is 0. The van der Waals surface area contributed by atoms with E-state index < -0.39 is 6.43 Å². The number of nitrogens with zero attached hydrogens (tertiary/aromatic N) is 4. The molecule has 0 radical (unpaired) electrons. The molecule has 1 saturated heterocycles. The highest BCUT2D eigenvalue weighted by Gasteiger charge is 2.28. The number of likely N-dealkylation sites (tertiary alicyclic amines) is 1. The van der Waals surface area contributed by atoms with Crippen molar-refractivity contribution >= 4 is 16.8 Å². The van der Waals surface area contributed by atoms with E-state index >= 15 is 0 Å². The molecule has 0 unspecified atom stereocenters. The minimum atomic E-state index is -2.41. The predicted octanol–water partition coefficient (Wildman–Crippen LogP) is 3.57. The summed E-state index contributed by atoms with van der Waals surface area (Å²) in [6.45, 7) is 2.24. The van der Waals surface area contributed by atoms with Crippen molar-refractivity contribution in [2.75, 3.05) is 19.7 Å². The van der Waals surface area contributed by atoms with Gasteiger partial charge >= 0.3 is 0 Å². The summed E-state index contributed by atoms with van der Waals surface area (Å²) in [6.07, 6.45) is 1.51. The first kappa shape index (κ1) is 19.8. The number of carbonyl (C=O) groups is 1. The maximum absolute atomic E-state index is 12.8. The average Bonchev–Trinajstić information content (AvgIpc) is 3.38. The lowest BCUT2D eigenvalue weighted by molar-refractivity contribution is 0.0591. The van der Waals surface area contributed by atoms with E-state index in [0.717, 1.165) is 23.9 Å². The van der Waals surface area contributed by atoms with Crippen LogP contribution in [0.5, 0.6) is 11.6 Å². The second kappa shape index (κ2) is 8.20. The zero-order chi connectivity index (χ0) is 21.4. The van der Waals surface area contributed by atoms with Crippen molar-refractivity contribution in [3.8, 4) is 11.6 Å². The Morgan fingerprint density at radius 2 is 2.06 bits per heavy atom. The van der Waals surface area contributed by atoms with Gasteiger partial charge in [-0.3, -0.25) is 4.79 Å². The summed E-state index contributed by atoms with van der Waals surface area (Å²) in [7, 11) is 0. The van der Waals surface area contributed by atoms with Gasteiger partial charge < -0.3 is 18.9 Å². The van der Waals surface area contributed by atoms with Gasteiger partial charge in [0.05, 0.1) is 18.7 Å². The van der Waals surface area contributed by atoms with E-state index in [2.05, 4.69) is 5.10 Å². The predicted molar refractivity (Wildman–Crippen MR) is 110 cm³/mol. The summed E-state index contributed by atoms with van der Waals surface area (Å²) >= 11 is 0. The van der Waals surface area contributed by atoms with Gasteiger partial charge in [0.15, 0.2) is 5.69 Å². The molecule has 0 bridgehead atoms. The molecule has 1 amide bonds. The summed E-state index contributed by atoms with van der Waals surface area (Å²) in [5.74, 6) is 1.25. The molecule has 0 saturated carbocycles. The van der Waals surface area contributed by atoms with Gasteiger partial charge in [0, 0.05) is 56.5 Å². The van der Waals surface area contributed by atoms with Gasteiger partial charge in [-0.1, -0.05) is 6.07 Å². The fraction of sp³-hybridized carbons (Fsp3) is 0.455. The number of hydrogen-bond acceptors (Lipinski definition) is 4. The summed E-state index contributed by atoms with van der Waals surface area (Å²) < 4.78 is 40.6. The number of amides is 1. The molecule has 0 aliphatic carbocycles. The molecule has 0 spiro atoms. The van der Waals surface area contributed by atoms with Crippen LogP contribution in [0.4, 0.5) is 8.78 Å². The lowest BCUT2D eigenvalue weighted by atomic mass is 10.1. The SMILES string of the molecule is O=C(c1cc2n(n1)CCCO2)N1CCC(Oc2cccc3c2ccn3CC(F)F)CC1. The van der Waals surface area contributed by atoms with Crippen molar-refractivity contribution in [2.45, 2.75) is 44.9 Å². The topological polar surface area (TPSA) is 61.5 Å². The highest BCUT2D eigenvalue weighted by Crippen LogP contribution is 2.30. The number of halogens is 2. The normalized spacial score (nSPS) is 17.1. The van der Waals surface area contributed by atoms with Gasteiger partial charge in [0.1, 0.15) is 11.9 Å². The summed E-state index contributed by atoms with van der Waals surface area (Å²) in [6, 6.07) is 9.03. The molecular weight excluding hydrogens is 406 g/mol. The van der Waals surface area contributed by atoms with E-state index in [-0.39, 0.29) is 18.6 Å². The zero-order valence-electron chi connectivity index (χ0n) is 17.0. The van der Waals surface area contributed by atoms with Crippen LogP contribution in [-0.2, 0) is 13.1 Å². The van der Waals surface area contributed by atoms with Gasteiger partial charge in [0.2, 0.25) is 5.88 Å². The van der Waals surface area contributed by atoms with E-state index in [0.29, 0.717) is 49.9 Å². The number of fused-ring (bicyclic) bond motifs is 2. The van der Waals surface area contributed by atoms with Crippen molar-refractivity contribution < 1.29 is 23.0 Å². The van der Waals surface area contributed by atoms with E-state index in [1.165, 1.54) is 0 Å². The molecule has 7 nitrogen and oxygen atoms in total. The van der Waals surface area contributed by atoms with Crippen LogP contribution in [-0.4, -0.2) is 57.4 Å². The van der Waals surface area contributed by atoms with Gasteiger partial charge in [0.25, 0.3) is 12.3 Å². The Morgan fingerprint density at radius 1 is 1.23 bits per heavy atom. The van der Waals surface area contributed by atoms with Crippen molar-refractivity contribution in [2.24, 2.45) is 0 Å². The molecule has 1 aromatic carbocycles. The monoisotopic (exact) mass is 430 g/mol. The Hall–Kier alpha value is -3.10. The van der Waals surface area contributed by atoms with E-state index in [4.69, 9.17) is 9.47 Å². The Morgan fingerprint density at radius 3 is 2.84 bits per heavy atom. The van der Waals surface area contributed by atoms with Crippen LogP contribution >= 0.6 is 0 Å². The van der Waals surface area contributed by atoms with Crippen LogP contribution in [0.15, 0.2) is 36.5 Å². The van der Waals surface area contributed by atoms with Crippen molar-refractivity contribution in [3.05, 3.63) is 42.2 Å². The fourth-order valence-corrected chi connectivity index (χ4v) is 4.30. The first-order valence-electron chi connectivity index (χ1n) is 10.6. The number of aromatic nitrogens is 3. The molecule has 5 rings (SSSR count). The molecule has 2 aliphatic heterocycles. The number of rotatable bonds is 5. The fourth-order valence-electron chi connectivity index (χ4n) is 4.30. The third kappa shape index (κ3) is 3.96. The van der Waals surface area contributed by atoms with Crippen LogP contribution in [0.25, 0.3) is 10.9 Å². The summed E-state index contributed by atoms with van der Waals surface area (Å²) in [5, 5.41) is 5.21. The number of piperidine rings is 1. The van der Waals surface area contributed by atoms with Crippen LogP contribution < -0.4 is 9.47 Å². The second-order valence-corrected chi connectivity index (χ2v) is 7.95. The maximum atomic E-state index is 12.8. The van der Waals surface area contributed by atoms with Gasteiger partial charge in [-0.05, 0) is 18.2 Å². The molecule has 9 heteroatoms. The smallest absolute Gasteiger partial charge is 0.274 e. The molecule has 31 heavy (non-hydrogen) atoms. The average molecular weight is 430 g/mol. The van der Waals surface area contributed by atoms with Crippen molar-refractivity contribution in [1.82, 2.24) is 19.2 Å². The van der Waals surface area contributed by atoms with Crippen LogP contribution in [0.3, 0.4) is 0 Å². The first-order valence-corrected chi connectivity index (χ1v) is 10.6. The second-order valence-electron chi connectivity index (χ2n) is 7.95. The summed E-state index contributed by atoms with van der Waals surface area (Å²) in [4.78, 5) is 14.6. The van der Waals surface area contributed by atoms with Crippen LogP contribution in [0.1, 0.15) is 29.8 Å². The third-order valence-corrected chi connectivity index (χ3v) is 5.86. The van der Waals surface area contributed by atoms with Gasteiger partial charge in [-0.25, -0.2) is 13.5 Å². The number of aryl methyl sites for hydroxylation is 1. The highest BCUT2D eigenvalue weighted by atomic mass is 19.3. The Kier molecular flexibility index (Phi) is 5.25. The molecule has 4 heterocycles. The Labute approximate surface area is 178 Å². The Balaban J connectivity index is 1.23. The van der Waals surface area contributed by atoms with Crippen LogP contribution in [0, 0.1) is 0 Å². The first-order chi connectivity index (χ1) is 15.1. The quantitative estimate of drug-likeness (QED) is 0.621. The molecule has 1 fully saturated rings. The van der Waals surface area contributed by atoms with Gasteiger partial charge in [-0.15, -0.1) is 0 Å². The third-order valence-electron chi connectivity index (χ3n) is 5.86. The molecule has 0 N–H and O–H groups in total. The maximum Gasteiger partial charge on any atom is 0.274 e. The van der Waals surface area contributed by atoms with Crippen molar-refractivity contribution in [3.63, 3.8) is 0 Å². The Bertz CT molecular complexity index is 1060. The standard InChI is InChI=1S/C22H24F2N4O3/c23-20(24)14-27-11-7-16-18(27)3-1-4-19(16)31-15-5-9-26(10-6-15)22(29)17-13-21-28(25-17)8-2-12-30-21/h1,3-4,7,11,13,15,20H,2,5-6,8-10,12,14H2. The van der Waals surface area contributed by atoms with Crippen LogP contribution in [0.2, 0.25) is 0 Å². The zero-order valence-corrected chi connectivity index (χ0v) is 17.0. The molecule has 2 aromatic heterocycles. The molecule has 164 valence electrons. The lowest BCUT2D eigenvalue weighted by Gasteiger charge is -2.32. The van der Waals surface area contributed by atoms with E-state index in [1.54, 1.807) is 26.4 Å². The van der Waals surface area contributed by atoms with E-state index in [1.807, 2.05) is 24.3 Å². The number of benzene rings is 1. The number of carbonyl (C=O) groups excluding carboxylic acids is 1. The molecule has 2 aliphatic rings. The minimum Gasteiger partial charge on any atom is -0.490 e. The molecular formula is C22H24F2N4O3. The minimum absolute atomic E-state index is 0.0355. The highest BCUT2D eigenvalue weighted by molar-refractivity contribution is 5.92. The number of ether oxygens (including phenoxy) is 2. The molecule has 0 atom stereocenters. The van der Waals surface area contributed by atoms with E-state index in [9.17, 15) is 13.6 Å². The largest absolute Gasteiger partial charge is 0.490 e. The number of alkyl halides is 2. The van der Waals surface area contributed by atoms with Gasteiger partial charge in [-0.2, -0.15) is 5.10 Å². The molecule has 3 aromatic rings. The lowest BCUT2D eigenvalue weighted by Crippen LogP contribution is -2.42. The summed E-state index contributed by atoms with van der Waals surface area (Å²) in [5.41, 5.74) is 1.15.